The SMILES string of the molecule is CCn1c(CO)nn(-c2cc3c(C(C)C)cc(N4CCCCC4)nc3cc2F)c1=O. The summed E-state index contributed by atoms with van der Waals surface area (Å²) in [6.45, 7) is 7.87. The average Bonchev–Trinajstić information content (AvgIpc) is 3.08. The van der Waals surface area contributed by atoms with E-state index in [-0.39, 0.29) is 24.0 Å². The third-order valence-electron chi connectivity index (χ3n) is 5.82. The van der Waals surface area contributed by atoms with Gasteiger partial charge in [0.05, 0.1) is 5.52 Å². The lowest BCUT2D eigenvalue weighted by molar-refractivity contribution is 0.264. The molecule has 1 saturated heterocycles. The van der Waals surface area contributed by atoms with Crippen LogP contribution >= 0.6 is 0 Å². The topological polar surface area (TPSA) is 76.2 Å². The number of anilines is 1. The van der Waals surface area contributed by atoms with Gasteiger partial charge in [0.25, 0.3) is 0 Å². The first-order valence-corrected chi connectivity index (χ1v) is 10.6. The molecule has 7 nitrogen and oxygen atoms in total. The molecule has 0 atom stereocenters. The van der Waals surface area contributed by atoms with Gasteiger partial charge in [-0.25, -0.2) is 14.2 Å². The summed E-state index contributed by atoms with van der Waals surface area (Å²) < 4.78 is 17.5. The zero-order chi connectivity index (χ0) is 21.4. The Morgan fingerprint density at radius 3 is 2.50 bits per heavy atom. The summed E-state index contributed by atoms with van der Waals surface area (Å²) in [5.74, 6) is 0.737. The van der Waals surface area contributed by atoms with Crippen LogP contribution < -0.4 is 10.6 Å². The molecule has 0 radical (unpaired) electrons. The van der Waals surface area contributed by atoms with Crippen molar-refractivity contribution in [3.05, 3.63) is 45.9 Å². The first-order chi connectivity index (χ1) is 14.4. The van der Waals surface area contributed by atoms with E-state index in [1.165, 1.54) is 17.1 Å². The summed E-state index contributed by atoms with van der Waals surface area (Å²) >= 11 is 0. The minimum Gasteiger partial charge on any atom is -0.388 e. The standard InChI is InChI=1S/C22H28FN5O2/c1-4-27-21(13-29)25-28(22(27)30)19-10-16-15(14(2)3)11-20(24-18(16)12-17(19)23)26-8-6-5-7-9-26/h10-12,14,29H,4-9,13H2,1-3H3. The predicted octanol–water partition coefficient (Wildman–Crippen LogP) is 3.35. The van der Waals surface area contributed by atoms with E-state index in [1.54, 1.807) is 13.0 Å². The highest BCUT2D eigenvalue weighted by atomic mass is 19.1. The van der Waals surface area contributed by atoms with Crippen LogP contribution in [0.2, 0.25) is 0 Å². The Kier molecular flexibility index (Phi) is 5.60. The van der Waals surface area contributed by atoms with Crippen molar-refractivity contribution in [1.82, 2.24) is 19.3 Å². The number of halogens is 1. The van der Waals surface area contributed by atoms with Gasteiger partial charge in [-0.15, -0.1) is 5.10 Å². The van der Waals surface area contributed by atoms with Crippen molar-refractivity contribution in [2.45, 2.75) is 59.1 Å². The molecule has 0 unspecified atom stereocenters. The fraction of sp³-hybridized carbons (Fsp3) is 0.500. The van der Waals surface area contributed by atoms with Gasteiger partial charge < -0.3 is 10.0 Å². The van der Waals surface area contributed by atoms with Crippen LogP contribution in [0.3, 0.4) is 0 Å². The summed E-state index contributed by atoms with van der Waals surface area (Å²) in [7, 11) is 0. The molecule has 1 aromatic carbocycles. The van der Waals surface area contributed by atoms with E-state index >= 15 is 4.39 Å². The van der Waals surface area contributed by atoms with Crippen LogP contribution in [0.5, 0.6) is 0 Å². The molecular weight excluding hydrogens is 385 g/mol. The molecule has 0 amide bonds. The molecule has 0 saturated carbocycles. The Balaban J connectivity index is 1.90. The molecule has 160 valence electrons. The van der Waals surface area contributed by atoms with Gasteiger partial charge >= 0.3 is 5.69 Å². The molecule has 1 aliphatic heterocycles. The predicted molar refractivity (Wildman–Crippen MR) is 115 cm³/mol. The molecule has 3 heterocycles. The van der Waals surface area contributed by atoms with E-state index in [1.807, 2.05) is 0 Å². The van der Waals surface area contributed by atoms with Gasteiger partial charge in [0, 0.05) is 31.1 Å². The van der Waals surface area contributed by atoms with Crippen LogP contribution in [0.25, 0.3) is 16.6 Å². The Morgan fingerprint density at radius 1 is 1.17 bits per heavy atom. The van der Waals surface area contributed by atoms with Gasteiger partial charge in [-0.05, 0) is 49.8 Å². The number of fused-ring (bicyclic) bond motifs is 1. The van der Waals surface area contributed by atoms with Crippen molar-refractivity contribution in [2.24, 2.45) is 0 Å². The molecule has 1 N–H and O–H groups in total. The molecule has 4 rings (SSSR count). The van der Waals surface area contributed by atoms with Gasteiger partial charge in [0.1, 0.15) is 18.1 Å². The molecular formula is C22H28FN5O2. The smallest absolute Gasteiger partial charge is 0.350 e. The number of aliphatic hydroxyl groups excluding tert-OH is 1. The number of aromatic nitrogens is 4. The van der Waals surface area contributed by atoms with E-state index < -0.39 is 11.5 Å². The second-order valence-electron chi connectivity index (χ2n) is 8.11. The van der Waals surface area contributed by atoms with Crippen molar-refractivity contribution in [3.63, 3.8) is 0 Å². The molecule has 0 bridgehead atoms. The molecule has 1 aliphatic rings. The molecule has 0 spiro atoms. The molecule has 3 aromatic rings. The minimum atomic E-state index is -0.562. The third-order valence-corrected chi connectivity index (χ3v) is 5.82. The van der Waals surface area contributed by atoms with Crippen molar-refractivity contribution in [2.75, 3.05) is 18.0 Å². The maximum atomic E-state index is 15.1. The highest BCUT2D eigenvalue weighted by molar-refractivity contribution is 5.86. The summed E-state index contributed by atoms with van der Waals surface area (Å²) in [4.78, 5) is 19.7. The zero-order valence-corrected chi connectivity index (χ0v) is 17.7. The maximum absolute atomic E-state index is 15.1. The average molecular weight is 413 g/mol. The van der Waals surface area contributed by atoms with Gasteiger partial charge in [0.2, 0.25) is 0 Å². The highest BCUT2D eigenvalue weighted by Gasteiger charge is 2.20. The Morgan fingerprint density at radius 2 is 1.90 bits per heavy atom. The van der Waals surface area contributed by atoms with Gasteiger partial charge in [-0.1, -0.05) is 13.8 Å². The second kappa shape index (κ2) is 8.18. The van der Waals surface area contributed by atoms with Crippen molar-refractivity contribution in [3.8, 4) is 5.69 Å². The van der Waals surface area contributed by atoms with E-state index in [4.69, 9.17) is 4.98 Å². The lowest BCUT2D eigenvalue weighted by Gasteiger charge is -2.29. The number of pyridine rings is 1. The maximum Gasteiger partial charge on any atom is 0.350 e. The molecule has 8 heteroatoms. The van der Waals surface area contributed by atoms with Gasteiger partial charge in [0.15, 0.2) is 11.6 Å². The minimum absolute atomic E-state index is 0.0730. The molecule has 1 fully saturated rings. The summed E-state index contributed by atoms with van der Waals surface area (Å²) in [5, 5.41) is 14.5. The summed E-state index contributed by atoms with van der Waals surface area (Å²) in [6.07, 6.45) is 3.51. The first-order valence-electron chi connectivity index (χ1n) is 10.6. The number of piperidine rings is 1. The van der Waals surface area contributed by atoms with E-state index in [2.05, 4.69) is 29.9 Å². The number of benzene rings is 1. The lowest BCUT2D eigenvalue weighted by Crippen LogP contribution is -2.30. The second-order valence-corrected chi connectivity index (χ2v) is 8.11. The zero-order valence-electron chi connectivity index (χ0n) is 17.7. The number of aliphatic hydroxyl groups is 1. The number of hydrogen-bond acceptors (Lipinski definition) is 5. The van der Waals surface area contributed by atoms with Gasteiger partial charge in [-0.2, -0.15) is 4.68 Å². The van der Waals surface area contributed by atoms with Crippen LogP contribution in [0.1, 0.15) is 57.3 Å². The fourth-order valence-electron chi connectivity index (χ4n) is 4.20. The van der Waals surface area contributed by atoms with E-state index in [9.17, 15) is 9.90 Å². The van der Waals surface area contributed by atoms with Crippen LogP contribution in [-0.4, -0.2) is 37.5 Å². The summed E-state index contributed by atoms with van der Waals surface area (Å²) in [6, 6.07) is 5.13. The number of nitrogens with zero attached hydrogens (tertiary/aromatic N) is 5. The first kappa shape index (κ1) is 20.5. The normalized spacial score (nSPS) is 14.8. The third kappa shape index (κ3) is 3.49. The number of hydrogen-bond donors (Lipinski definition) is 1. The van der Waals surface area contributed by atoms with Crippen molar-refractivity contribution < 1.29 is 9.50 Å². The van der Waals surface area contributed by atoms with E-state index in [0.717, 1.165) is 47.4 Å². The number of rotatable bonds is 5. The Bertz CT molecular complexity index is 1130. The lowest BCUT2D eigenvalue weighted by atomic mass is 9.97. The van der Waals surface area contributed by atoms with Crippen LogP contribution in [0, 0.1) is 5.82 Å². The van der Waals surface area contributed by atoms with Gasteiger partial charge in [-0.3, -0.25) is 4.57 Å². The quantitative estimate of drug-likeness (QED) is 0.694. The molecule has 2 aromatic heterocycles. The largest absolute Gasteiger partial charge is 0.388 e. The van der Waals surface area contributed by atoms with Crippen molar-refractivity contribution >= 4 is 16.7 Å². The highest BCUT2D eigenvalue weighted by Crippen LogP contribution is 2.32. The van der Waals surface area contributed by atoms with Crippen molar-refractivity contribution in [1.29, 1.82) is 0 Å². The van der Waals surface area contributed by atoms with Crippen LogP contribution in [0.15, 0.2) is 23.0 Å². The summed E-state index contributed by atoms with van der Waals surface area (Å²) in [5.41, 5.74) is 1.24. The monoisotopic (exact) mass is 413 g/mol. The Labute approximate surface area is 174 Å². The molecule has 30 heavy (non-hydrogen) atoms. The van der Waals surface area contributed by atoms with Crippen LogP contribution in [0.4, 0.5) is 10.2 Å². The van der Waals surface area contributed by atoms with E-state index in [0.29, 0.717) is 12.1 Å². The molecule has 0 aliphatic carbocycles. The fourth-order valence-corrected chi connectivity index (χ4v) is 4.20. The van der Waals surface area contributed by atoms with Crippen LogP contribution in [-0.2, 0) is 13.2 Å². The Hall–Kier alpha value is -2.74.